The van der Waals surface area contributed by atoms with Gasteiger partial charge < -0.3 is 14.2 Å². The summed E-state index contributed by atoms with van der Waals surface area (Å²) in [6.45, 7) is 4.57. The fourth-order valence-corrected chi connectivity index (χ4v) is 2.12. The van der Waals surface area contributed by atoms with Crippen LogP contribution < -0.4 is 4.74 Å². The number of rotatable bonds is 9. The zero-order chi connectivity index (χ0) is 18.1. The first-order valence-electron chi connectivity index (χ1n) is 8.12. The maximum absolute atomic E-state index is 11.8. The van der Waals surface area contributed by atoms with E-state index in [0.29, 0.717) is 37.5 Å². The summed E-state index contributed by atoms with van der Waals surface area (Å²) in [6, 6.07) is 7.09. The van der Waals surface area contributed by atoms with Crippen LogP contribution in [0.15, 0.2) is 24.3 Å². The lowest BCUT2D eigenvalue weighted by Gasteiger charge is -2.07. The standard InChI is InChI=1S/C17H21N3O5/c1-3-23-14(21)6-5-11-25-13-9-7-12(8-10-13)15-16(19-20-18-15)17(22)24-4-2/h7-10H,3-6,11H2,1-2H3,(H,18,19,20). The SMILES string of the molecule is CCOC(=O)CCCOc1ccc(-c2n[nH]nc2C(=O)OCC)cc1. The van der Waals surface area contributed by atoms with Crippen molar-refractivity contribution in [2.24, 2.45) is 0 Å². The molecule has 0 spiro atoms. The Morgan fingerprint density at radius 1 is 1.04 bits per heavy atom. The Kier molecular flexibility index (Phi) is 6.94. The molecule has 0 saturated heterocycles. The molecular formula is C17H21N3O5. The van der Waals surface area contributed by atoms with Crippen LogP contribution in [0.4, 0.5) is 0 Å². The van der Waals surface area contributed by atoms with Gasteiger partial charge in [-0.3, -0.25) is 4.79 Å². The van der Waals surface area contributed by atoms with Gasteiger partial charge in [0.05, 0.1) is 19.8 Å². The van der Waals surface area contributed by atoms with E-state index in [9.17, 15) is 9.59 Å². The fraction of sp³-hybridized carbons (Fsp3) is 0.412. The average Bonchev–Trinajstić information content (AvgIpc) is 3.09. The van der Waals surface area contributed by atoms with E-state index < -0.39 is 5.97 Å². The number of esters is 2. The Balaban J connectivity index is 1.91. The maximum Gasteiger partial charge on any atom is 0.361 e. The van der Waals surface area contributed by atoms with Crippen molar-refractivity contribution >= 4 is 11.9 Å². The number of benzene rings is 1. The third-order valence-corrected chi connectivity index (χ3v) is 3.24. The number of aromatic amines is 1. The predicted octanol–water partition coefficient (Wildman–Crippen LogP) is 2.37. The van der Waals surface area contributed by atoms with E-state index >= 15 is 0 Å². The van der Waals surface area contributed by atoms with Crippen LogP contribution in [0, 0.1) is 0 Å². The summed E-state index contributed by atoms with van der Waals surface area (Å²) in [4.78, 5) is 23.1. The lowest BCUT2D eigenvalue weighted by Crippen LogP contribution is -2.07. The van der Waals surface area contributed by atoms with Gasteiger partial charge in [-0.2, -0.15) is 10.3 Å². The second kappa shape index (κ2) is 9.41. The number of ether oxygens (including phenoxy) is 3. The summed E-state index contributed by atoms with van der Waals surface area (Å²) in [7, 11) is 0. The highest BCUT2D eigenvalue weighted by Gasteiger charge is 2.18. The highest BCUT2D eigenvalue weighted by molar-refractivity contribution is 5.93. The smallest absolute Gasteiger partial charge is 0.361 e. The highest BCUT2D eigenvalue weighted by atomic mass is 16.5. The first-order chi connectivity index (χ1) is 12.2. The van der Waals surface area contributed by atoms with Crippen LogP contribution >= 0.6 is 0 Å². The third kappa shape index (κ3) is 5.30. The monoisotopic (exact) mass is 347 g/mol. The van der Waals surface area contributed by atoms with Crippen molar-refractivity contribution in [2.45, 2.75) is 26.7 Å². The molecule has 0 aliphatic heterocycles. The normalized spacial score (nSPS) is 10.3. The van der Waals surface area contributed by atoms with Gasteiger partial charge in [-0.15, -0.1) is 5.10 Å². The number of nitrogens with zero attached hydrogens (tertiary/aromatic N) is 2. The van der Waals surface area contributed by atoms with E-state index in [1.54, 1.807) is 38.1 Å². The quantitative estimate of drug-likeness (QED) is 0.548. The summed E-state index contributed by atoms with van der Waals surface area (Å²) in [5, 5.41) is 10.3. The second-order valence-corrected chi connectivity index (χ2v) is 5.02. The molecule has 0 aliphatic rings. The molecule has 0 radical (unpaired) electrons. The van der Waals surface area contributed by atoms with Gasteiger partial charge in [-0.05, 0) is 44.5 Å². The minimum atomic E-state index is -0.523. The maximum atomic E-state index is 11.8. The van der Waals surface area contributed by atoms with E-state index in [0.717, 1.165) is 5.56 Å². The van der Waals surface area contributed by atoms with Gasteiger partial charge in [0.25, 0.3) is 0 Å². The molecule has 0 aliphatic carbocycles. The molecule has 8 heteroatoms. The van der Waals surface area contributed by atoms with Crippen molar-refractivity contribution in [3.8, 4) is 17.0 Å². The molecule has 0 fully saturated rings. The topological polar surface area (TPSA) is 103 Å². The van der Waals surface area contributed by atoms with E-state index in [4.69, 9.17) is 14.2 Å². The molecule has 0 amide bonds. The first kappa shape index (κ1) is 18.4. The van der Waals surface area contributed by atoms with Crippen LogP contribution in [0.5, 0.6) is 5.75 Å². The van der Waals surface area contributed by atoms with Crippen molar-refractivity contribution in [3.05, 3.63) is 30.0 Å². The van der Waals surface area contributed by atoms with Gasteiger partial charge >= 0.3 is 11.9 Å². The third-order valence-electron chi connectivity index (χ3n) is 3.24. The average molecular weight is 347 g/mol. The van der Waals surface area contributed by atoms with Crippen LogP contribution in [0.3, 0.4) is 0 Å². The van der Waals surface area contributed by atoms with Crippen LogP contribution in [0.25, 0.3) is 11.3 Å². The molecule has 0 atom stereocenters. The number of H-pyrrole nitrogens is 1. The van der Waals surface area contributed by atoms with E-state index in [1.807, 2.05) is 0 Å². The molecule has 2 rings (SSSR count). The molecule has 0 unspecified atom stereocenters. The summed E-state index contributed by atoms with van der Waals surface area (Å²) in [6.07, 6.45) is 0.907. The number of aromatic nitrogens is 3. The molecule has 1 N–H and O–H groups in total. The van der Waals surface area contributed by atoms with Crippen molar-refractivity contribution in [1.29, 1.82) is 0 Å². The number of hydrogen-bond donors (Lipinski definition) is 1. The Morgan fingerprint density at radius 3 is 2.44 bits per heavy atom. The van der Waals surface area contributed by atoms with Crippen molar-refractivity contribution in [2.75, 3.05) is 19.8 Å². The lowest BCUT2D eigenvalue weighted by molar-refractivity contribution is -0.143. The Morgan fingerprint density at radius 2 is 1.76 bits per heavy atom. The number of carbonyl (C=O) groups is 2. The Labute approximate surface area is 145 Å². The number of hydrogen-bond acceptors (Lipinski definition) is 7. The van der Waals surface area contributed by atoms with Crippen LogP contribution in [0.2, 0.25) is 0 Å². The summed E-state index contributed by atoms with van der Waals surface area (Å²) in [5.41, 5.74) is 1.29. The van der Waals surface area contributed by atoms with Gasteiger partial charge in [-0.25, -0.2) is 4.79 Å². The van der Waals surface area contributed by atoms with Gasteiger partial charge in [0.15, 0.2) is 5.69 Å². The summed E-state index contributed by atoms with van der Waals surface area (Å²) >= 11 is 0. The van der Waals surface area contributed by atoms with E-state index in [-0.39, 0.29) is 18.3 Å². The predicted molar refractivity (Wildman–Crippen MR) is 89.1 cm³/mol. The van der Waals surface area contributed by atoms with E-state index in [1.165, 1.54) is 0 Å². The largest absolute Gasteiger partial charge is 0.494 e. The molecule has 2 aromatic rings. The fourth-order valence-electron chi connectivity index (χ4n) is 2.12. The van der Waals surface area contributed by atoms with E-state index in [2.05, 4.69) is 15.4 Å². The molecule has 0 bridgehead atoms. The zero-order valence-corrected chi connectivity index (χ0v) is 14.3. The number of nitrogens with one attached hydrogen (secondary N) is 1. The molecule has 1 aromatic heterocycles. The minimum absolute atomic E-state index is 0.143. The second-order valence-electron chi connectivity index (χ2n) is 5.02. The molecule has 8 nitrogen and oxygen atoms in total. The Bertz CT molecular complexity index is 697. The highest BCUT2D eigenvalue weighted by Crippen LogP contribution is 2.23. The van der Waals surface area contributed by atoms with Gasteiger partial charge in [0.1, 0.15) is 11.4 Å². The van der Waals surface area contributed by atoms with Crippen LogP contribution in [0.1, 0.15) is 37.2 Å². The Hall–Kier alpha value is -2.90. The van der Waals surface area contributed by atoms with Gasteiger partial charge in [-0.1, -0.05) is 0 Å². The number of carbonyl (C=O) groups excluding carboxylic acids is 2. The zero-order valence-electron chi connectivity index (χ0n) is 14.3. The molecule has 1 heterocycles. The van der Waals surface area contributed by atoms with Crippen LogP contribution in [-0.4, -0.2) is 47.2 Å². The molecule has 25 heavy (non-hydrogen) atoms. The summed E-state index contributed by atoms with van der Waals surface area (Å²) in [5.74, 6) is -0.0849. The molecule has 0 saturated carbocycles. The molecular weight excluding hydrogens is 326 g/mol. The van der Waals surface area contributed by atoms with Gasteiger partial charge in [0.2, 0.25) is 0 Å². The van der Waals surface area contributed by atoms with Crippen LogP contribution in [-0.2, 0) is 14.3 Å². The minimum Gasteiger partial charge on any atom is -0.494 e. The first-order valence-corrected chi connectivity index (χ1v) is 8.12. The van der Waals surface area contributed by atoms with Crippen molar-refractivity contribution in [3.63, 3.8) is 0 Å². The van der Waals surface area contributed by atoms with Gasteiger partial charge in [0, 0.05) is 12.0 Å². The molecule has 1 aromatic carbocycles. The summed E-state index contributed by atoms with van der Waals surface area (Å²) < 4.78 is 15.4. The van der Waals surface area contributed by atoms with Crippen molar-refractivity contribution in [1.82, 2.24) is 15.4 Å². The van der Waals surface area contributed by atoms with Crippen molar-refractivity contribution < 1.29 is 23.8 Å². The lowest BCUT2D eigenvalue weighted by atomic mass is 10.1. The molecule has 134 valence electrons.